The van der Waals surface area contributed by atoms with Crippen LogP contribution in [0.2, 0.25) is 0 Å². The van der Waals surface area contributed by atoms with Crippen LogP contribution in [0.4, 0.5) is 0 Å². The van der Waals surface area contributed by atoms with Gasteiger partial charge in [0.15, 0.2) is 0 Å². The molecule has 0 spiro atoms. The maximum atomic E-state index is 6.54. The predicted octanol–water partition coefficient (Wildman–Crippen LogP) is 13.2. The molecule has 10 aromatic rings. The fourth-order valence-electron chi connectivity index (χ4n) is 7.78. The summed E-state index contributed by atoms with van der Waals surface area (Å²) in [7, 11) is 0. The second kappa shape index (κ2) is 10.2. The number of hydrogen-bond acceptors (Lipinski definition) is 1. The van der Waals surface area contributed by atoms with Crippen molar-refractivity contribution >= 4 is 64.6 Å². The molecule has 218 valence electrons. The number of benzene rings is 10. The van der Waals surface area contributed by atoms with Crippen molar-refractivity contribution in [3.05, 3.63) is 170 Å². The van der Waals surface area contributed by atoms with Crippen LogP contribution in [0.5, 0.6) is 11.5 Å². The first-order chi connectivity index (χ1) is 23.3. The number of rotatable bonds is 4. The number of fused-ring (bicyclic) bond motifs is 3. The number of hydrogen-bond donors (Lipinski definition) is 0. The van der Waals surface area contributed by atoms with Crippen LogP contribution in [-0.2, 0) is 0 Å². The summed E-state index contributed by atoms with van der Waals surface area (Å²) < 4.78 is 6.54. The fourth-order valence-corrected chi connectivity index (χ4v) is 7.78. The Morgan fingerprint density at radius 3 is 1.32 bits per heavy atom. The Labute approximate surface area is 272 Å². The maximum absolute atomic E-state index is 6.54. The molecule has 0 amide bonds. The zero-order valence-electron chi connectivity index (χ0n) is 25.6. The van der Waals surface area contributed by atoms with Gasteiger partial charge in [-0.15, -0.1) is 0 Å². The Bertz CT molecular complexity index is 2680. The molecule has 0 aromatic heterocycles. The van der Waals surface area contributed by atoms with Gasteiger partial charge in [0, 0.05) is 5.39 Å². The first-order valence-electron chi connectivity index (χ1n) is 16.2. The smallest absolute Gasteiger partial charge is 0.135 e. The maximum Gasteiger partial charge on any atom is 0.135 e. The number of ether oxygens (including phenoxy) is 1. The Morgan fingerprint density at radius 2 is 0.745 bits per heavy atom. The van der Waals surface area contributed by atoms with E-state index in [9.17, 15) is 0 Å². The van der Waals surface area contributed by atoms with Gasteiger partial charge in [-0.2, -0.15) is 0 Å². The van der Waals surface area contributed by atoms with Gasteiger partial charge in [0.1, 0.15) is 11.5 Å². The Hall–Kier alpha value is -6.18. The van der Waals surface area contributed by atoms with E-state index in [-0.39, 0.29) is 0 Å². The van der Waals surface area contributed by atoms with Gasteiger partial charge in [0.2, 0.25) is 0 Å². The van der Waals surface area contributed by atoms with E-state index in [1.54, 1.807) is 0 Å². The Kier molecular flexibility index (Phi) is 5.64. The monoisotopic (exact) mass is 596 g/mol. The molecule has 0 N–H and O–H groups in total. The SMILES string of the molecule is c1ccc(-c2c3ccccc3c(-c3cc4ccc5cc(Oc6cccc7ccccc67)cc6ccc(c3)c4c56)c3ccccc23)cc1. The van der Waals surface area contributed by atoms with Gasteiger partial charge < -0.3 is 4.74 Å². The zero-order valence-corrected chi connectivity index (χ0v) is 25.6. The van der Waals surface area contributed by atoms with Crippen LogP contribution >= 0.6 is 0 Å². The summed E-state index contributed by atoms with van der Waals surface area (Å²) in [5, 5.41) is 14.8. The molecule has 0 aliphatic heterocycles. The molecule has 0 atom stereocenters. The van der Waals surface area contributed by atoms with Crippen LogP contribution in [0.3, 0.4) is 0 Å². The van der Waals surface area contributed by atoms with Gasteiger partial charge in [-0.05, 0) is 112 Å². The lowest BCUT2D eigenvalue weighted by atomic mass is 9.84. The summed E-state index contributed by atoms with van der Waals surface area (Å²) in [5.74, 6) is 1.72. The van der Waals surface area contributed by atoms with Gasteiger partial charge in [0.05, 0.1) is 0 Å². The van der Waals surface area contributed by atoms with Crippen LogP contribution in [-0.4, -0.2) is 0 Å². The van der Waals surface area contributed by atoms with Gasteiger partial charge in [0.25, 0.3) is 0 Å². The topological polar surface area (TPSA) is 9.23 Å². The lowest BCUT2D eigenvalue weighted by Gasteiger charge is -2.19. The molecule has 0 heterocycles. The van der Waals surface area contributed by atoms with E-state index in [1.807, 2.05) is 6.07 Å². The quantitative estimate of drug-likeness (QED) is 0.145. The van der Waals surface area contributed by atoms with Crippen LogP contribution in [0, 0.1) is 0 Å². The molecule has 0 unspecified atom stereocenters. The van der Waals surface area contributed by atoms with Crippen molar-refractivity contribution in [1.82, 2.24) is 0 Å². The summed E-state index contributed by atoms with van der Waals surface area (Å²) in [6, 6.07) is 61.3. The van der Waals surface area contributed by atoms with Crippen molar-refractivity contribution in [3.8, 4) is 33.8 Å². The average Bonchev–Trinajstić information content (AvgIpc) is 3.13. The second-order valence-corrected chi connectivity index (χ2v) is 12.5. The third kappa shape index (κ3) is 4.03. The second-order valence-electron chi connectivity index (χ2n) is 12.5. The largest absolute Gasteiger partial charge is 0.457 e. The molecule has 0 fully saturated rings. The molecule has 1 heteroatoms. The van der Waals surface area contributed by atoms with Crippen LogP contribution in [0.15, 0.2) is 170 Å². The normalized spacial score (nSPS) is 11.8. The molecule has 1 nitrogen and oxygen atoms in total. The van der Waals surface area contributed by atoms with Crippen molar-refractivity contribution in [1.29, 1.82) is 0 Å². The van der Waals surface area contributed by atoms with E-state index in [0.717, 1.165) is 16.9 Å². The minimum atomic E-state index is 0.851. The molecule has 47 heavy (non-hydrogen) atoms. The first kappa shape index (κ1) is 26.1. The predicted molar refractivity (Wildman–Crippen MR) is 200 cm³/mol. The molecule has 0 saturated heterocycles. The minimum Gasteiger partial charge on any atom is -0.457 e. The van der Waals surface area contributed by atoms with E-state index < -0.39 is 0 Å². The third-order valence-electron chi connectivity index (χ3n) is 9.77. The third-order valence-corrected chi connectivity index (χ3v) is 9.77. The Balaban J connectivity index is 1.18. The Morgan fingerprint density at radius 1 is 0.298 bits per heavy atom. The molecule has 0 bridgehead atoms. The van der Waals surface area contributed by atoms with Crippen LogP contribution in [0.25, 0.3) is 86.9 Å². The van der Waals surface area contributed by atoms with Gasteiger partial charge >= 0.3 is 0 Å². The van der Waals surface area contributed by atoms with E-state index >= 15 is 0 Å². The first-order valence-corrected chi connectivity index (χ1v) is 16.2. The summed E-state index contributed by atoms with van der Waals surface area (Å²) >= 11 is 0. The molecule has 0 aliphatic carbocycles. The highest BCUT2D eigenvalue weighted by Gasteiger charge is 2.18. The fraction of sp³-hybridized carbons (Fsp3) is 0. The zero-order chi connectivity index (χ0) is 30.9. The van der Waals surface area contributed by atoms with Crippen LogP contribution < -0.4 is 4.74 Å². The standard InChI is InChI=1S/C46H28O/c1-2-12-30(13-3-1)45-38-16-6-8-18-40(38)46(41-19-9-7-17-39(41)45)35-25-31-21-23-33-27-36(28-34-24-22-32(26-35)43(31)44(33)34)47-42-20-10-14-29-11-4-5-15-37(29)42/h1-28H. The van der Waals surface area contributed by atoms with Gasteiger partial charge in [-0.25, -0.2) is 0 Å². The molecule has 0 saturated carbocycles. The highest BCUT2D eigenvalue weighted by Crippen LogP contribution is 2.46. The summed E-state index contributed by atoms with van der Waals surface area (Å²) in [6.45, 7) is 0. The molecular weight excluding hydrogens is 569 g/mol. The minimum absolute atomic E-state index is 0.851. The van der Waals surface area contributed by atoms with Crippen molar-refractivity contribution < 1.29 is 4.74 Å². The van der Waals surface area contributed by atoms with E-state index in [1.165, 1.54) is 81.5 Å². The van der Waals surface area contributed by atoms with Crippen molar-refractivity contribution in [2.24, 2.45) is 0 Å². The van der Waals surface area contributed by atoms with Gasteiger partial charge in [-0.3, -0.25) is 0 Å². The summed E-state index contributed by atoms with van der Waals surface area (Å²) in [4.78, 5) is 0. The summed E-state index contributed by atoms with van der Waals surface area (Å²) in [5.41, 5.74) is 5.06. The summed E-state index contributed by atoms with van der Waals surface area (Å²) in [6.07, 6.45) is 0. The lowest BCUT2D eigenvalue weighted by Crippen LogP contribution is -1.92. The molecule has 0 aliphatic rings. The van der Waals surface area contributed by atoms with Crippen molar-refractivity contribution in [3.63, 3.8) is 0 Å². The average molecular weight is 597 g/mol. The highest BCUT2D eigenvalue weighted by atomic mass is 16.5. The van der Waals surface area contributed by atoms with E-state index in [2.05, 4.69) is 164 Å². The molecule has 0 radical (unpaired) electrons. The van der Waals surface area contributed by atoms with Gasteiger partial charge in [-0.1, -0.05) is 140 Å². The van der Waals surface area contributed by atoms with E-state index in [4.69, 9.17) is 4.74 Å². The lowest BCUT2D eigenvalue weighted by molar-refractivity contribution is 0.489. The highest BCUT2D eigenvalue weighted by molar-refractivity contribution is 6.26. The van der Waals surface area contributed by atoms with Crippen molar-refractivity contribution in [2.75, 3.05) is 0 Å². The van der Waals surface area contributed by atoms with E-state index in [0.29, 0.717) is 0 Å². The molecule has 10 aromatic carbocycles. The van der Waals surface area contributed by atoms with Crippen molar-refractivity contribution in [2.45, 2.75) is 0 Å². The molecular formula is C46H28O. The molecule has 10 rings (SSSR count). The van der Waals surface area contributed by atoms with Crippen LogP contribution in [0.1, 0.15) is 0 Å².